The molecule has 4 aliphatic heterocycles. The van der Waals surface area contributed by atoms with Crippen molar-refractivity contribution in [3.8, 4) is 57.5 Å². The lowest BCUT2D eigenvalue weighted by Crippen LogP contribution is -2.33. The molecule has 5 heterocycles. The van der Waals surface area contributed by atoms with Crippen LogP contribution in [0.3, 0.4) is 0 Å². The number of rotatable bonds is 4. The molecular weight excluding hydrogens is 612 g/mol. The van der Waals surface area contributed by atoms with E-state index >= 15 is 0 Å². The van der Waals surface area contributed by atoms with E-state index in [2.05, 4.69) is 30.1 Å². The number of fused-ring (bicyclic) bond motifs is 4. The van der Waals surface area contributed by atoms with Crippen molar-refractivity contribution in [2.75, 3.05) is 48.8 Å². The summed E-state index contributed by atoms with van der Waals surface area (Å²) in [6, 6.07) is 18.1. The van der Waals surface area contributed by atoms with Crippen LogP contribution in [-0.4, -0.2) is 58.7 Å². The molecule has 4 aliphatic rings. The van der Waals surface area contributed by atoms with Gasteiger partial charge in [-0.1, -0.05) is 18.2 Å². The van der Waals surface area contributed by atoms with Crippen LogP contribution < -0.4 is 37.9 Å². The van der Waals surface area contributed by atoms with Crippen LogP contribution in [0.1, 0.15) is 34.0 Å². The minimum Gasteiger partial charge on any atom is -0.493 e. The van der Waals surface area contributed by atoms with Gasteiger partial charge in [0.25, 0.3) is 0 Å². The van der Waals surface area contributed by atoms with Crippen LogP contribution in [0.5, 0.6) is 57.5 Å². The quantitative estimate of drug-likeness (QED) is 0.198. The first kappa shape index (κ1) is 30.0. The third-order valence-corrected chi connectivity index (χ3v) is 9.48. The Morgan fingerprint density at radius 3 is 2.29 bits per heavy atom. The second-order valence-corrected chi connectivity index (χ2v) is 12.1. The molecule has 48 heavy (non-hydrogen) atoms. The number of nitrogens with zero attached hydrogens (tertiary/aromatic N) is 2. The van der Waals surface area contributed by atoms with Crippen LogP contribution in [0.4, 0.5) is 0 Å². The molecule has 5 aromatic rings. The fourth-order valence-electron chi connectivity index (χ4n) is 7.11. The van der Waals surface area contributed by atoms with Gasteiger partial charge in [-0.25, -0.2) is 0 Å². The highest BCUT2D eigenvalue weighted by molar-refractivity contribution is 6.01. The summed E-state index contributed by atoms with van der Waals surface area (Å²) in [5.41, 5.74) is 5.05. The molecule has 1 atom stereocenters. The summed E-state index contributed by atoms with van der Waals surface area (Å²) < 4.78 is 49.2. The highest BCUT2D eigenvalue weighted by atomic mass is 16.7. The predicted octanol–water partition coefficient (Wildman–Crippen LogP) is 7.26. The standard InChI is InChI=1S/C38H36N2O8/c1-40-15-13-24-26-19-31(42-3)35(43-4)34(24)48-36-32-25(33-38(37(36)44-5)46-20-45-33)12-14-39-27(32)16-21-6-9-23(10-7-21)47-30-18-22(17-28(26)40)8-11-29(30)41-2/h6-12,14,18-19,28H,13,15-17,20H2,1-5H3/t28-/m0/s1. The summed E-state index contributed by atoms with van der Waals surface area (Å²) in [5, 5.41) is 1.58. The minimum absolute atomic E-state index is 0.00272. The van der Waals surface area contributed by atoms with Crippen molar-refractivity contribution in [2.45, 2.75) is 25.3 Å². The molecule has 0 saturated carbocycles. The van der Waals surface area contributed by atoms with Crippen LogP contribution in [0.2, 0.25) is 0 Å². The lowest BCUT2D eigenvalue weighted by Gasteiger charge is -2.36. The number of hydrogen-bond donors (Lipinski definition) is 0. The molecule has 1 aromatic heterocycles. The maximum atomic E-state index is 7.11. The summed E-state index contributed by atoms with van der Waals surface area (Å²) in [6.07, 6.45) is 3.74. The molecule has 10 heteroatoms. The number of methoxy groups -OCH3 is 4. The smallest absolute Gasteiger partial charge is 0.231 e. The molecule has 0 aliphatic carbocycles. The number of benzene rings is 4. The van der Waals surface area contributed by atoms with Gasteiger partial charge in [-0.15, -0.1) is 0 Å². The summed E-state index contributed by atoms with van der Waals surface area (Å²) >= 11 is 0. The van der Waals surface area contributed by atoms with Crippen LogP contribution in [0.25, 0.3) is 10.8 Å². The average molecular weight is 649 g/mol. The summed E-state index contributed by atoms with van der Waals surface area (Å²) in [6.45, 7) is 0.876. The first-order chi connectivity index (χ1) is 23.5. The summed E-state index contributed by atoms with van der Waals surface area (Å²) in [5.74, 6) is 5.66. The van der Waals surface area contributed by atoms with E-state index in [-0.39, 0.29) is 12.8 Å². The lowest BCUT2D eigenvalue weighted by atomic mass is 9.87. The van der Waals surface area contributed by atoms with Gasteiger partial charge in [0, 0.05) is 36.2 Å². The van der Waals surface area contributed by atoms with Crippen molar-refractivity contribution in [1.82, 2.24) is 9.88 Å². The molecule has 0 N–H and O–H groups in total. The fraction of sp³-hybridized carbons (Fsp3) is 0.289. The van der Waals surface area contributed by atoms with Crippen molar-refractivity contribution in [2.24, 2.45) is 0 Å². The van der Waals surface area contributed by atoms with E-state index in [4.69, 9.17) is 42.9 Å². The Morgan fingerprint density at radius 1 is 0.750 bits per heavy atom. The second kappa shape index (κ2) is 12.0. The van der Waals surface area contributed by atoms with E-state index in [1.165, 1.54) is 0 Å². The van der Waals surface area contributed by atoms with E-state index in [0.29, 0.717) is 70.3 Å². The first-order valence-corrected chi connectivity index (χ1v) is 15.9. The molecule has 246 valence electrons. The Morgan fingerprint density at radius 2 is 1.52 bits per heavy atom. The fourth-order valence-corrected chi connectivity index (χ4v) is 7.11. The Balaban J connectivity index is 1.43. The lowest BCUT2D eigenvalue weighted by molar-refractivity contribution is 0.171. The van der Waals surface area contributed by atoms with E-state index in [0.717, 1.165) is 51.7 Å². The van der Waals surface area contributed by atoms with Gasteiger partial charge >= 0.3 is 0 Å². The van der Waals surface area contributed by atoms with Gasteiger partial charge in [0.1, 0.15) is 5.75 Å². The van der Waals surface area contributed by atoms with Gasteiger partial charge in [0.15, 0.2) is 34.5 Å². The molecule has 0 amide bonds. The highest BCUT2D eigenvalue weighted by Crippen LogP contribution is 2.57. The number of pyridine rings is 1. The van der Waals surface area contributed by atoms with E-state index in [1.54, 1.807) is 34.6 Å². The van der Waals surface area contributed by atoms with Crippen molar-refractivity contribution < 1.29 is 37.9 Å². The maximum absolute atomic E-state index is 7.11. The highest BCUT2D eigenvalue weighted by Gasteiger charge is 2.35. The monoisotopic (exact) mass is 648 g/mol. The summed E-state index contributed by atoms with van der Waals surface area (Å²) in [7, 11) is 8.68. The molecule has 0 radical (unpaired) electrons. The van der Waals surface area contributed by atoms with Gasteiger partial charge < -0.3 is 37.9 Å². The van der Waals surface area contributed by atoms with Gasteiger partial charge in [-0.2, -0.15) is 0 Å². The Kier molecular flexibility index (Phi) is 7.52. The maximum Gasteiger partial charge on any atom is 0.231 e. The van der Waals surface area contributed by atoms with E-state index in [1.807, 2.05) is 36.4 Å². The largest absolute Gasteiger partial charge is 0.493 e. The van der Waals surface area contributed by atoms with Gasteiger partial charge in [0.2, 0.25) is 24.0 Å². The normalized spacial score (nSPS) is 16.4. The third kappa shape index (κ3) is 4.86. The second-order valence-electron chi connectivity index (χ2n) is 12.1. The van der Waals surface area contributed by atoms with Gasteiger partial charge in [0.05, 0.1) is 39.5 Å². The number of ether oxygens (including phenoxy) is 8. The number of hydrogen-bond acceptors (Lipinski definition) is 10. The molecular formula is C38H36N2O8. The van der Waals surface area contributed by atoms with Gasteiger partial charge in [-0.05, 0) is 73.0 Å². The molecule has 4 aromatic carbocycles. The first-order valence-electron chi connectivity index (χ1n) is 15.9. The zero-order valence-electron chi connectivity index (χ0n) is 27.5. The van der Waals surface area contributed by atoms with Crippen LogP contribution in [-0.2, 0) is 19.3 Å². The van der Waals surface area contributed by atoms with Crippen LogP contribution in [0, 0.1) is 0 Å². The SMILES string of the molecule is COc1ccc2cc1Oc1ccc(cc1)Cc1nccc3c4c(c(OC)c(c13)Oc1c3c(cc(OC)c1OC)[C@H](C2)N(C)CC3)OCO4. The third-order valence-electron chi connectivity index (χ3n) is 9.48. The number of aromatic nitrogens is 1. The number of likely N-dealkylation sites (N-methyl/N-ethyl adjacent to an activating group) is 1. The van der Waals surface area contributed by atoms with Gasteiger partial charge in [-0.3, -0.25) is 9.88 Å². The Hall–Kier alpha value is -5.35. The zero-order valence-corrected chi connectivity index (χ0v) is 27.5. The van der Waals surface area contributed by atoms with Crippen molar-refractivity contribution in [3.05, 3.63) is 88.7 Å². The zero-order chi connectivity index (χ0) is 32.9. The molecule has 8 bridgehead atoms. The molecule has 9 rings (SSSR count). The molecule has 10 nitrogen and oxygen atoms in total. The van der Waals surface area contributed by atoms with Crippen LogP contribution in [0.15, 0.2) is 60.8 Å². The predicted molar refractivity (Wildman–Crippen MR) is 179 cm³/mol. The van der Waals surface area contributed by atoms with E-state index < -0.39 is 0 Å². The minimum atomic E-state index is 0.00272. The van der Waals surface area contributed by atoms with E-state index in [9.17, 15) is 0 Å². The Bertz CT molecular complexity index is 2040. The topological polar surface area (TPSA) is 90.0 Å². The molecule has 0 saturated heterocycles. The molecule has 0 fully saturated rings. The van der Waals surface area contributed by atoms with Crippen LogP contribution >= 0.6 is 0 Å². The van der Waals surface area contributed by atoms with Crippen molar-refractivity contribution >= 4 is 10.8 Å². The van der Waals surface area contributed by atoms with Crippen molar-refractivity contribution in [1.29, 1.82) is 0 Å². The Labute approximate surface area is 278 Å². The summed E-state index contributed by atoms with van der Waals surface area (Å²) in [4.78, 5) is 7.23. The van der Waals surface area contributed by atoms with Crippen molar-refractivity contribution in [3.63, 3.8) is 0 Å². The molecule has 0 unspecified atom stereocenters. The average Bonchev–Trinajstić information content (AvgIpc) is 3.60. The molecule has 0 spiro atoms.